The molecule has 0 bridgehead atoms. The van der Waals surface area contributed by atoms with Crippen molar-refractivity contribution < 1.29 is 10.4 Å². The van der Waals surface area contributed by atoms with Crippen molar-refractivity contribution in [2.24, 2.45) is 7.05 Å². The molecule has 0 unspecified atom stereocenters. The van der Waals surface area contributed by atoms with Crippen molar-refractivity contribution in [2.45, 2.75) is 66.2 Å². The molecule has 0 aliphatic heterocycles. The molecule has 0 radical (unpaired) electrons. The fourth-order valence-electron chi connectivity index (χ4n) is 4.28. The zero-order valence-corrected chi connectivity index (χ0v) is 19.4. The van der Waals surface area contributed by atoms with Crippen LogP contribution in [-0.4, -0.2) is 4.98 Å². The van der Waals surface area contributed by atoms with Gasteiger partial charge in [-0.3, -0.25) is 0 Å². The molecule has 0 aliphatic rings. The summed E-state index contributed by atoms with van der Waals surface area (Å²) < 4.78 is 17.3. The summed E-state index contributed by atoms with van der Waals surface area (Å²) in [6.45, 7) is 14.7. The largest absolute Gasteiger partial charge is 0.437 e. The highest BCUT2D eigenvalue weighted by Gasteiger charge is 2.24. The summed E-state index contributed by atoms with van der Waals surface area (Å²) in [6, 6.07) is 10.7. The first kappa shape index (κ1) is 19.3. The van der Waals surface area contributed by atoms with Gasteiger partial charge in [0.2, 0.25) is 11.4 Å². The maximum Gasteiger partial charge on any atom is 0.227 e. The summed E-state index contributed by atoms with van der Waals surface area (Å²) in [5.74, 6) is 0.00935. The van der Waals surface area contributed by atoms with Gasteiger partial charge in [0.15, 0.2) is 11.8 Å². The number of aromatic nitrogens is 2. The molecule has 3 aromatic heterocycles. The molecule has 1 aromatic carbocycles. The number of aryl methyl sites for hydroxylation is 2. The smallest absolute Gasteiger partial charge is 0.227 e. The lowest BCUT2D eigenvalue weighted by Crippen LogP contribution is -2.32. The summed E-state index contributed by atoms with van der Waals surface area (Å²) in [5.41, 5.74) is 8.15. The molecule has 3 heteroatoms. The molecule has 30 heavy (non-hydrogen) atoms. The van der Waals surface area contributed by atoms with E-state index in [2.05, 4.69) is 82.8 Å². The highest BCUT2D eigenvalue weighted by Crippen LogP contribution is 2.38. The van der Waals surface area contributed by atoms with Crippen LogP contribution in [0.2, 0.25) is 0 Å². The van der Waals surface area contributed by atoms with Gasteiger partial charge in [-0.25, -0.2) is 9.55 Å². The molecule has 4 rings (SSSR count). The minimum atomic E-state index is -0.688. The van der Waals surface area contributed by atoms with E-state index in [1.165, 1.54) is 5.56 Å². The average molecular weight is 403 g/mol. The van der Waals surface area contributed by atoms with Gasteiger partial charge in [-0.2, -0.15) is 0 Å². The quantitative estimate of drug-likeness (QED) is 0.339. The maximum absolute atomic E-state index is 8.76. The number of hydrogen-bond donors (Lipinski definition) is 0. The molecule has 0 fully saturated rings. The lowest BCUT2D eigenvalue weighted by molar-refractivity contribution is -0.660. The molecule has 0 amide bonds. The Balaban J connectivity index is 2.06. The fourth-order valence-corrected chi connectivity index (χ4v) is 4.28. The van der Waals surface area contributed by atoms with Crippen molar-refractivity contribution in [1.82, 2.24) is 4.98 Å². The van der Waals surface area contributed by atoms with E-state index in [-0.39, 0.29) is 0 Å². The van der Waals surface area contributed by atoms with E-state index in [9.17, 15) is 0 Å². The van der Waals surface area contributed by atoms with Gasteiger partial charge >= 0.3 is 0 Å². The summed E-state index contributed by atoms with van der Waals surface area (Å²) in [4.78, 5) is 4.79. The van der Waals surface area contributed by atoms with Gasteiger partial charge in [0.05, 0.1) is 5.56 Å². The van der Waals surface area contributed by atoms with Crippen LogP contribution in [0.4, 0.5) is 0 Å². The molecule has 0 N–H and O–H groups in total. The van der Waals surface area contributed by atoms with E-state index in [0.717, 1.165) is 44.4 Å². The monoisotopic (exact) mass is 402 g/mol. The molecular formula is C27H33N2O+. The Labute approximate surface area is 181 Å². The Bertz CT molecular complexity index is 1290. The zero-order valence-electron chi connectivity index (χ0n) is 20.4. The molecule has 0 saturated heterocycles. The third-order valence-corrected chi connectivity index (χ3v) is 6.05. The van der Waals surface area contributed by atoms with Crippen molar-refractivity contribution >= 4 is 22.1 Å². The Morgan fingerprint density at radius 3 is 2.27 bits per heavy atom. The van der Waals surface area contributed by atoms with Gasteiger partial charge in [0.25, 0.3) is 0 Å². The van der Waals surface area contributed by atoms with Crippen molar-refractivity contribution in [3.8, 4) is 11.3 Å². The predicted octanol–water partition coefficient (Wildman–Crippen LogP) is 7.15. The van der Waals surface area contributed by atoms with E-state index < -0.39 is 5.89 Å². The Morgan fingerprint density at radius 1 is 0.933 bits per heavy atom. The van der Waals surface area contributed by atoms with Crippen LogP contribution in [0.25, 0.3) is 33.3 Å². The average Bonchev–Trinajstić information content (AvgIpc) is 3.04. The highest BCUT2D eigenvalue weighted by molar-refractivity contribution is 6.08. The molecule has 156 valence electrons. The summed E-state index contributed by atoms with van der Waals surface area (Å²) in [7, 11) is 2.08. The van der Waals surface area contributed by atoms with Gasteiger partial charge in [0.1, 0.15) is 7.05 Å². The Hall–Kier alpha value is -2.68. The van der Waals surface area contributed by atoms with E-state index >= 15 is 0 Å². The van der Waals surface area contributed by atoms with E-state index in [1.54, 1.807) is 0 Å². The minimum Gasteiger partial charge on any atom is -0.437 e. The Morgan fingerprint density at radius 2 is 1.63 bits per heavy atom. The topological polar surface area (TPSA) is 29.9 Å². The molecule has 3 heterocycles. The number of rotatable bonds is 4. The van der Waals surface area contributed by atoms with Crippen molar-refractivity contribution in [3.05, 3.63) is 58.9 Å². The van der Waals surface area contributed by atoms with Crippen LogP contribution in [0.15, 0.2) is 40.9 Å². The van der Waals surface area contributed by atoms with Crippen LogP contribution in [-0.2, 0) is 7.05 Å². The number of pyridine rings is 2. The third kappa shape index (κ3) is 3.30. The second-order valence-corrected chi connectivity index (χ2v) is 9.27. The number of benzene rings is 1. The van der Waals surface area contributed by atoms with Crippen LogP contribution >= 0.6 is 0 Å². The highest BCUT2D eigenvalue weighted by atomic mass is 16.3. The predicted molar refractivity (Wildman–Crippen MR) is 125 cm³/mol. The second-order valence-electron chi connectivity index (χ2n) is 9.27. The van der Waals surface area contributed by atoms with Crippen molar-refractivity contribution in [2.75, 3.05) is 0 Å². The maximum atomic E-state index is 8.76. The van der Waals surface area contributed by atoms with Crippen molar-refractivity contribution in [1.29, 1.82) is 0 Å². The molecule has 4 aromatic rings. The lowest BCUT2D eigenvalue weighted by Gasteiger charge is -2.16. The van der Waals surface area contributed by atoms with Crippen LogP contribution in [0.3, 0.4) is 0 Å². The lowest BCUT2D eigenvalue weighted by atomic mass is 9.90. The fraction of sp³-hybridized carbons (Fsp3) is 0.407. The third-order valence-electron chi connectivity index (χ3n) is 6.05. The summed E-state index contributed by atoms with van der Waals surface area (Å²) in [6.07, 6.45) is 2.18. The van der Waals surface area contributed by atoms with Gasteiger partial charge in [0, 0.05) is 29.5 Å². The molecule has 0 atom stereocenters. The number of furan rings is 1. The first-order valence-corrected chi connectivity index (χ1v) is 10.9. The first-order valence-electron chi connectivity index (χ1n) is 11.4. The van der Waals surface area contributed by atoms with E-state index in [0.29, 0.717) is 17.5 Å². The molecule has 0 spiro atoms. The van der Waals surface area contributed by atoms with Crippen LogP contribution in [0.5, 0.6) is 0 Å². The zero-order chi connectivity index (χ0) is 22.7. The van der Waals surface area contributed by atoms with Gasteiger partial charge < -0.3 is 4.42 Å². The van der Waals surface area contributed by atoms with Gasteiger partial charge in [-0.1, -0.05) is 53.7 Å². The van der Waals surface area contributed by atoms with E-state index in [4.69, 9.17) is 10.8 Å². The SMILES string of the molecule is [2H]C(C)(C)c1cc(-c2c(C)ccc3c2oc2nc(C(C)C)ccc23)[n+](C)cc1C(C)C. The second kappa shape index (κ2) is 7.54. The van der Waals surface area contributed by atoms with Gasteiger partial charge in [-0.15, -0.1) is 0 Å². The molecule has 0 aliphatic carbocycles. The van der Waals surface area contributed by atoms with E-state index in [1.807, 2.05) is 13.8 Å². The molecule has 0 saturated carbocycles. The van der Waals surface area contributed by atoms with Crippen LogP contribution in [0.1, 0.15) is 83.0 Å². The first-order chi connectivity index (χ1) is 14.5. The van der Waals surface area contributed by atoms with Crippen LogP contribution in [0, 0.1) is 6.92 Å². The van der Waals surface area contributed by atoms with Crippen LogP contribution < -0.4 is 4.57 Å². The standard InChI is InChI=1S/C27H33N2O/c1-15(2)21-13-24(29(8)14-22(21)16(3)4)25-18(7)9-10-19-20-11-12-23(17(5)6)28-27(20)30-26(19)25/h9-17H,1-8H3/q+1/i15D. The van der Waals surface area contributed by atoms with Crippen molar-refractivity contribution in [3.63, 3.8) is 0 Å². The minimum absolute atomic E-state index is 0.349. The summed E-state index contributed by atoms with van der Waals surface area (Å²) >= 11 is 0. The number of hydrogen-bond acceptors (Lipinski definition) is 2. The molecule has 3 nitrogen and oxygen atoms in total. The number of fused-ring (bicyclic) bond motifs is 3. The summed E-state index contributed by atoms with van der Waals surface area (Å²) in [5, 5.41) is 2.13. The molecular weight excluding hydrogens is 368 g/mol. The Kier molecular flexibility index (Phi) is 4.85. The number of nitrogens with zero attached hydrogens (tertiary/aromatic N) is 2. The normalized spacial score (nSPS) is 13.1. The van der Waals surface area contributed by atoms with Gasteiger partial charge in [-0.05, 0) is 47.9 Å².